The molecule has 1 unspecified atom stereocenters. The van der Waals surface area contributed by atoms with Crippen LogP contribution in [0.5, 0.6) is 5.75 Å². The minimum atomic E-state index is -0.418. The molecule has 21 heavy (non-hydrogen) atoms. The zero-order valence-corrected chi connectivity index (χ0v) is 12.3. The summed E-state index contributed by atoms with van der Waals surface area (Å²) in [6.45, 7) is 4.22. The summed E-state index contributed by atoms with van der Waals surface area (Å²) in [5.74, 6) is 0.499. The van der Waals surface area contributed by atoms with Gasteiger partial charge in [-0.3, -0.25) is 4.79 Å². The van der Waals surface area contributed by atoms with Crippen molar-refractivity contribution in [1.29, 1.82) is 0 Å². The first-order valence-corrected chi connectivity index (χ1v) is 7.11. The predicted molar refractivity (Wildman–Crippen MR) is 81.4 cm³/mol. The summed E-state index contributed by atoms with van der Waals surface area (Å²) in [4.78, 5) is 11.9. The lowest BCUT2D eigenvalue weighted by Gasteiger charge is -2.10. The largest absolute Gasteiger partial charge is 0.485 e. The first-order chi connectivity index (χ1) is 10.1. The molecule has 0 fully saturated rings. The Morgan fingerprint density at radius 1 is 1.19 bits per heavy atom. The molecule has 2 rings (SSSR count). The molecule has 0 amide bonds. The summed E-state index contributed by atoms with van der Waals surface area (Å²) in [6, 6.07) is 13.4. The molecule has 2 aromatic carbocycles. The van der Waals surface area contributed by atoms with Gasteiger partial charge < -0.3 is 4.74 Å². The van der Waals surface area contributed by atoms with E-state index in [1.165, 1.54) is 23.8 Å². The average molecular weight is 286 g/mol. The third-order valence-corrected chi connectivity index (χ3v) is 3.58. The molecule has 0 aliphatic rings. The van der Waals surface area contributed by atoms with Gasteiger partial charge in [-0.05, 0) is 42.2 Å². The van der Waals surface area contributed by atoms with Crippen LogP contribution in [0, 0.1) is 5.82 Å². The topological polar surface area (TPSA) is 26.3 Å². The molecule has 0 heterocycles. The summed E-state index contributed by atoms with van der Waals surface area (Å²) >= 11 is 0. The minimum absolute atomic E-state index is 0.0911. The monoisotopic (exact) mass is 286 g/mol. The number of hydrogen-bond donors (Lipinski definition) is 0. The molecule has 0 N–H and O–H groups in total. The fraction of sp³-hybridized carbons (Fsp3) is 0.278. The van der Waals surface area contributed by atoms with Crippen LogP contribution in [0.1, 0.15) is 42.1 Å². The number of carbonyl (C=O) groups excluding carboxylic acids is 1. The Hall–Kier alpha value is -2.16. The maximum atomic E-state index is 13.1. The quantitative estimate of drug-likeness (QED) is 0.725. The maximum Gasteiger partial charge on any atom is 0.200 e. The third-order valence-electron chi connectivity index (χ3n) is 3.58. The zero-order valence-electron chi connectivity index (χ0n) is 12.3. The first kappa shape index (κ1) is 15.2. The van der Waals surface area contributed by atoms with E-state index in [0.29, 0.717) is 17.2 Å². The molecule has 0 aliphatic heterocycles. The van der Waals surface area contributed by atoms with Crippen LogP contribution in [0.4, 0.5) is 4.39 Å². The van der Waals surface area contributed by atoms with E-state index in [4.69, 9.17) is 4.74 Å². The molecule has 3 heteroatoms. The fourth-order valence-corrected chi connectivity index (χ4v) is 2.02. The van der Waals surface area contributed by atoms with E-state index in [-0.39, 0.29) is 12.4 Å². The number of Topliss-reactive ketones (excluding diaryl/α,β-unsaturated/α-hetero) is 1. The number of ether oxygens (including phenoxy) is 1. The van der Waals surface area contributed by atoms with E-state index in [0.717, 1.165) is 6.42 Å². The Labute approximate surface area is 124 Å². The number of benzene rings is 2. The Morgan fingerprint density at radius 2 is 1.90 bits per heavy atom. The van der Waals surface area contributed by atoms with Crippen molar-refractivity contribution in [1.82, 2.24) is 0 Å². The molecule has 0 bridgehead atoms. The van der Waals surface area contributed by atoms with E-state index >= 15 is 0 Å². The Balaban J connectivity index is 1.95. The highest BCUT2D eigenvalue weighted by atomic mass is 19.1. The van der Waals surface area contributed by atoms with Gasteiger partial charge in [-0.25, -0.2) is 4.39 Å². The van der Waals surface area contributed by atoms with Gasteiger partial charge in [-0.15, -0.1) is 0 Å². The normalized spacial score (nSPS) is 12.0. The van der Waals surface area contributed by atoms with E-state index in [1.54, 1.807) is 6.07 Å². The van der Waals surface area contributed by atoms with Crippen LogP contribution < -0.4 is 4.74 Å². The van der Waals surface area contributed by atoms with Crippen molar-refractivity contribution in [2.45, 2.75) is 26.2 Å². The molecule has 2 aromatic rings. The molecule has 0 spiro atoms. The first-order valence-electron chi connectivity index (χ1n) is 7.11. The predicted octanol–water partition coefficient (Wildman–Crippen LogP) is 4.60. The van der Waals surface area contributed by atoms with E-state index < -0.39 is 5.82 Å². The smallest absolute Gasteiger partial charge is 0.200 e. The molecule has 1 atom stereocenters. The third kappa shape index (κ3) is 4.15. The van der Waals surface area contributed by atoms with Crippen molar-refractivity contribution in [2.75, 3.05) is 6.61 Å². The van der Waals surface area contributed by atoms with Crippen LogP contribution in [-0.2, 0) is 0 Å². The molecule has 0 aliphatic carbocycles. The fourth-order valence-electron chi connectivity index (χ4n) is 2.02. The van der Waals surface area contributed by atoms with Gasteiger partial charge >= 0.3 is 0 Å². The van der Waals surface area contributed by atoms with Gasteiger partial charge in [0.15, 0.2) is 12.4 Å². The van der Waals surface area contributed by atoms with Gasteiger partial charge in [-0.2, -0.15) is 0 Å². The van der Waals surface area contributed by atoms with Crippen molar-refractivity contribution < 1.29 is 13.9 Å². The van der Waals surface area contributed by atoms with E-state index in [9.17, 15) is 9.18 Å². The second-order valence-electron chi connectivity index (χ2n) is 5.10. The minimum Gasteiger partial charge on any atom is -0.485 e. The number of halogens is 1. The molecular weight excluding hydrogens is 267 g/mol. The highest BCUT2D eigenvalue weighted by Gasteiger charge is 2.08. The Morgan fingerprint density at radius 3 is 2.52 bits per heavy atom. The molecule has 0 saturated heterocycles. The van der Waals surface area contributed by atoms with Gasteiger partial charge in [0, 0.05) is 5.56 Å². The van der Waals surface area contributed by atoms with Crippen LogP contribution in [0.2, 0.25) is 0 Å². The van der Waals surface area contributed by atoms with E-state index in [2.05, 4.69) is 13.8 Å². The van der Waals surface area contributed by atoms with Gasteiger partial charge in [0.1, 0.15) is 11.6 Å². The van der Waals surface area contributed by atoms with Crippen molar-refractivity contribution in [2.24, 2.45) is 0 Å². The molecule has 0 saturated carbocycles. The maximum absolute atomic E-state index is 13.1. The molecule has 110 valence electrons. The number of hydrogen-bond acceptors (Lipinski definition) is 2. The van der Waals surface area contributed by atoms with E-state index in [1.807, 2.05) is 24.3 Å². The van der Waals surface area contributed by atoms with Crippen molar-refractivity contribution >= 4 is 5.78 Å². The summed E-state index contributed by atoms with van der Waals surface area (Å²) in [7, 11) is 0. The van der Waals surface area contributed by atoms with Gasteiger partial charge in [0.05, 0.1) is 0 Å². The Bertz CT molecular complexity index is 605. The van der Waals surface area contributed by atoms with Gasteiger partial charge in [0.25, 0.3) is 0 Å². The molecule has 0 aromatic heterocycles. The average Bonchev–Trinajstić information content (AvgIpc) is 2.52. The molecule has 0 radical (unpaired) electrons. The lowest BCUT2D eigenvalue weighted by atomic mass is 9.99. The van der Waals surface area contributed by atoms with Crippen molar-refractivity contribution in [3.8, 4) is 5.75 Å². The highest BCUT2D eigenvalue weighted by molar-refractivity contribution is 5.97. The lowest BCUT2D eigenvalue weighted by molar-refractivity contribution is 0.0921. The van der Waals surface area contributed by atoms with Crippen LogP contribution in [0.3, 0.4) is 0 Å². The number of carbonyl (C=O) groups is 1. The number of ketones is 1. The lowest BCUT2D eigenvalue weighted by Crippen LogP contribution is -2.11. The summed E-state index contributed by atoms with van der Waals surface area (Å²) in [5.41, 5.74) is 1.58. The van der Waals surface area contributed by atoms with Crippen LogP contribution >= 0.6 is 0 Å². The van der Waals surface area contributed by atoms with Crippen LogP contribution in [-0.4, -0.2) is 12.4 Å². The zero-order chi connectivity index (χ0) is 15.2. The SMILES string of the molecule is CCC(C)c1ccc(OCC(=O)c2cccc(F)c2)cc1. The molecule has 2 nitrogen and oxygen atoms in total. The Kier molecular flexibility index (Phi) is 5.09. The summed E-state index contributed by atoms with van der Waals surface area (Å²) < 4.78 is 18.5. The number of rotatable bonds is 6. The molecular formula is C18H19FO2. The summed E-state index contributed by atoms with van der Waals surface area (Å²) in [5, 5.41) is 0. The van der Waals surface area contributed by atoms with Crippen LogP contribution in [0.15, 0.2) is 48.5 Å². The van der Waals surface area contributed by atoms with Crippen LogP contribution in [0.25, 0.3) is 0 Å². The standard InChI is InChI=1S/C18H19FO2/c1-3-13(2)14-7-9-17(10-8-14)21-12-18(20)15-5-4-6-16(19)11-15/h4-11,13H,3,12H2,1-2H3. The second kappa shape index (κ2) is 7.02. The second-order valence-corrected chi connectivity index (χ2v) is 5.10. The summed E-state index contributed by atoms with van der Waals surface area (Å²) in [6.07, 6.45) is 1.08. The van der Waals surface area contributed by atoms with Gasteiger partial charge in [0.2, 0.25) is 0 Å². The highest BCUT2D eigenvalue weighted by Crippen LogP contribution is 2.21. The van der Waals surface area contributed by atoms with Crippen molar-refractivity contribution in [3.63, 3.8) is 0 Å². The van der Waals surface area contributed by atoms with Gasteiger partial charge in [-0.1, -0.05) is 38.1 Å². The van der Waals surface area contributed by atoms with Crippen molar-refractivity contribution in [3.05, 3.63) is 65.5 Å².